The number of amides is 1. The molecular formula is C24H37NO3. The topological polar surface area (TPSA) is 46.6 Å². The number of nitrogens with zero attached hydrogens (tertiary/aromatic N) is 1. The molecule has 1 fully saturated rings. The molecule has 0 aromatic heterocycles. The average molecular weight is 388 g/mol. The van der Waals surface area contributed by atoms with E-state index in [0.717, 1.165) is 37.7 Å². The van der Waals surface area contributed by atoms with Gasteiger partial charge in [0.15, 0.2) is 0 Å². The molecule has 1 saturated heterocycles. The summed E-state index contributed by atoms with van der Waals surface area (Å²) in [4.78, 5) is 26.7. The standard InChI is InChI=1S/C24H37NO3/c1-2-3-4-5-6-7-8-12-20-28-24(27)22-16-13-19-25(22)23(26)18-17-21-14-10-9-11-15-21/h9-11,14-15,22H,2-8,12-13,16-20H2,1H3. The van der Waals surface area contributed by atoms with E-state index in [-0.39, 0.29) is 17.9 Å². The maximum absolute atomic E-state index is 12.6. The van der Waals surface area contributed by atoms with Crippen LogP contribution in [-0.2, 0) is 20.7 Å². The first kappa shape index (κ1) is 22.4. The number of aryl methyl sites for hydroxylation is 1. The van der Waals surface area contributed by atoms with Gasteiger partial charge in [-0.05, 0) is 31.2 Å². The fraction of sp³-hybridized carbons (Fsp3) is 0.667. The van der Waals surface area contributed by atoms with Crippen molar-refractivity contribution < 1.29 is 14.3 Å². The Morgan fingerprint density at radius 2 is 1.68 bits per heavy atom. The Morgan fingerprint density at radius 1 is 1.00 bits per heavy atom. The predicted molar refractivity (Wildman–Crippen MR) is 113 cm³/mol. The SMILES string of the molecule is CCCCCCCCCCOC(=O)C1CCCN1C(=O)CCc1ccccc1. The van der Waals surface area contributed by atoms with E-state index >= 15 is 0 Å². The number of rotatable bonds is 13. The molecule has 0 saturated carbocycles. The molecule has 1 aliphatic rings. The molecule has 2 rings (SSSR count). The van der Waals surface area contributed by atoms with E-state index in [4.69, 9.17) is 4.74 Å². The van der Waals surface area contributed by atoms with Crippen LogP contribution in [-0.4, -0.2) is 36.0 Å². The Kier molecular flexibility index (Phi) is 10.7. The minimum absolute atomic E-state index is 0.0652. The first-order chi connectivity index (χ1) is 13.7. The van der Waals surface area contributed by atoms with Crippen molar-refractivity contribution in [3.05, 3.63) is 35.9 Å². The summed E-state index contributed by atoms with van der Waals surface area (Å²) in [5.74, 6) is -0.149. The van der Waals surface area contributed by atoms with Crippen molar-refractivity contribution in [1.82, 2.24) is 4.90 Å². The molecule has 4 heteroatoms. The second kappa shape index (κ2) is 13.4. The van der Waals surface area contributed by atoms with Gasteiger partial charge in [0.2, 0.25) is 5.91 Å². The smallest absolute Gasteiger partial charge is 0.328 e. The molecule has 0 radical (unpaired) electrons. The number of hydrogen-bond acceptors (Lipinski definition) is 3. The maximum Gasteiger partial charge on any atom is 0.328 e. The van der Waals surface area contributed by atoms with Crippen molar-refractivity contribution in [3.63, 3.8) is 0 Å². The number of carbonyl (C=O) groups excluding carboxylic acids is 2. The average Bonchev–Trinajstić information content (AvgIpc) is 3.21. The van der Waals surface area contributed by atoms with Crippen molar-refractivity contribution >= 4 is 11.9 Å². The molecule has 28 heavy (non-hydrogen) atoms. The van der Waals surface area contributed by atoms with Crippen molar-refractivity contribution in [2.75, 3.05) is 13.2 Å². The molecule has 1 heterocycles. The van der Waals surface area contributed by atoms with Crippen molar-refractivity contribution in [2.45, 2.75) is 90.0 Å². The number of carbonyl (C=O) groups is 2. The van der Waals surface area contributed by atoms with Gasteiger partial charge in [-0.15, -0.1) is 0 Å². The highest BCUT2D eigenvalue weighted by atomic mass is 16.5. The van der Waals surface area contributed by atoms with Crippen LogP contribution in [0.2, 0.25) is 0 Å². The van der Waals surface area contributed by atoms with E-state index < -0.39 is 0 Å². The number of unbranched alkanes of at least 4 members (excludes halogenated alkanes) is 7. The molecule has 0 aliphatic carbocycles. The Labute approximate surface area is 170 Å². The van der Waals surface area contributed by atoms with Crippen LogP contribution in [0.1, 0.15) is 83.1 Å². The van der Waals surface area contributed by atoms with Gasteiger partial charge in [-0.1, -0.05) is 82.2 Å². The molecule has 0 bridgehead atoms. The molecular weight excluding hydrogens is 350 g/mol. The van der Waals surface area contributed by atoms with Crippen LogP contribution in [0, 0.1) is 0 Å². The van der Waals surface area contributed by atoms with Crippen LogP contribution in [0.5, 0.6) is 0 Å². The summed E-state index contributed by atoms with van der Waals surface area (Å²) in [5, 5.41) is 0. The van der Waals surface area contributed by atoms with Gasteiger partial charge in [0.25, 0.3) is 0 Å². The first-order valence-electron chi connectivity index (χ1n) is 11.2. The number of esters is 1. The van der Waals surface area contributed by atoms with Crippen molar-refractivity contribution in [2.24, 2.45) is 0 Å². The van der Waals surface area contributed by atoms with Crippen LogP contribution >= 0.6 is 0 Å². The second-order valence-corrected chi connectivity index (χ2v) is 7.87. The van der Waals surface area contributed by atoms with Gasteiger partial charge in [-0.25, -0.2) is 4.79 Å². The van der Waals surface area contributed by atoms with Crippen LogP contribution in [0.25, 0.3) is 0 Å². The quantitative estimate of drug-likeness (QED) is 0.341. The maximum atomic E-state index is 12.6. The van der Waals surface area contributed by atoms with E-state index in [1.807, 2.05) is 30.3 Å². The molecule has 4 nitrogen and oxygen atoms in total. The summed E-state index contributed by atoms with van der Waals surface area (Å²) in [6.07, 6.45) is 12.6. The van der Waals surface area contributed by atoms with Gasteiger partial charge < -0.3 is 9.64 Å². The third-order valence-electron chi connectivity index (χ3n) is 5.56. The molecule has 0 spiro atoms. The van der Waals surface area contributed by atoms with Crippen molar-refractivity contribution in [1.29, 1.82) is 0 Å². The van der Waals surface area contributed by atoms with Crippen molar-refractivity contribution in [3.8, 4) is 0 Å². The number of likely N-dealkylation sites (tertiary alicyclic amines) is 1. The monoisotopic (exact) mass is 387 g/mol. The van der Waals surface area contributed by atoms with E-state index in [1.165, 1.54) is 38.5 Å². The lowest BCUT2D eigenvalue weighted by molar-refractivity contribution is -0.153. The largest absolute Gasteiger partial charge is 0.464 e. The summed E-state index contributed by atoms with van der Waals surface area (Å²) in [5.41, 5.74) is 1.16. The highest BCUT2D eigenvalue weighted by Crippen LogP contribution is 2.20. The molecule has 156 valence electrons. The Hall–Kier alpha value is -1.84. The minimum atomic E-state index is -0.377. The van der Waals surface area contributed by atoms with E-state index in [0.29, 0.717) is 19.6 Å². The van der Waals surface area contributed by atoms with Crippen LogP contribution in [0.4, 0.5) is 0 Å². The fourth-order valence-electron chi connectivity index (χ4n) is 3.85. The van der Waals surface area contributed by atoms with E-state index in [2.05, 4.69) is 6.92 Å². The summed E-state index contributed by atoms with van der Waals surface area (Å²) < 4.78 is 5.48. The van der Waals surface area contributed by atoms with E-state index in [1.54, 1.807) is 4.90 Å². The minimum Gasteiger partial charge on any atom is -0.464 e. The molecule has 1 amide bonds. The number of ether oxygens (including phenoxy) is 1. The zero-order valence-corrected chi connectivity index (χ0v) is 17.5. The summed E-state index contributed by atoms with van der Waals surface area (Å²) in [6, 6.07) is 9.64. The zero-order valence-electron chi connectivity index (χ0n) is 17.5. The Bertz CT molecular complexity index is 572. The normalized spacial score (nSPS) is 16.3. The predicted octanol–water partition coefficient (Wildman–Crippen LogP) is 5.29. The third kappa shape index (κ3) is 8.04. The van der Waals surface area contributed by atoms with Gasteiger partial charge >= 0.3 is 5.97 Å². The van der Waals surface area contributed by atoms with Gasteiger partial charge in [-0.3, -0.25) is 4.79 Å². The lowest BCUT2D eigenvalue weighted by Crippen LogP contribution is -2.41. The Morgan fingerprint density at radius 3 is 2.39 bits per heavy atom. The lowest BCUT2D eigenvalue weighted by Gasteiger charge is -2.23. The third-order valence-corrected chi connectivity index (χ3v) is 5.56. The molecule has 1 aliphatic heterocycles. The summed E-state index contributed by atoms with van der Waals surface area (Å²) >= 11 is 0. The number of hydrogen-bond donors (Lipinski definition) is 0. The lowest BCUT2D eigenvalue weighted by atomic mass is 10.1. The van der Waals surface area contributed by atoms with Gasteiger partial charge in [-0.2, -0.15) is 0 Å². The van der Waals surface area contributed by atoms with Crippen LogP contribution in [0.15, 0.2) is 30.3 Å². The Balaban J connectivity index is 1.61. The van der Waals surface area contributed by atoms with Crippen LogP contribution < -0.4 is 0 Å². The van der Waals surface area contributed by atoms with Crippen LogP contribution in [0.3, 0.4) is 0 Å². The molecule has 1 aromatic carbocycles. The zero-order chi connectivity index (χ0) is 20.0. The molecule has 1 aromatic rings. The fourth-order valence-corrected chi connectivity index (χ4v) is 3.85. The molecule has 0 N–H and O–H groups in total. The van der Waals surface area contributed by atoms with Gasteiger partial charge in [0.05, 0.1) is 6.61 Å². The first-order valence-corrected chi connectivity index (χ1v) is 11.2. The highest BCUT2D eigenvalue weighted by Gasteiger charge is 2.34. The summed E-state index contributed by atoms with van der Waals surface area (Å²) in [6.45, 7) is 3.39. The van der Waals surface area contributed by atoms with Gasteiger partial charge in [0.1, 0.15) is 6.04 Å². The van der Waals surface area contributed by atoms with Gasteiger partial charge in [0, 0.05) is 13.0 Å². The second-order valence-electron chi connectivity index (χ2n) is 7.87. The number of benzene rings is 1. The van der Waals surface area contributed by atoms with E-state index in [9.17, 15) is 9.59 Å². The molecule has 1 atom stereocenters. The summed E-state index contributed by atoms with van der Waals surface area (Å²) in [7, 11) is 0. The molecule has 1 unspecified atom stereocenters. The highest BCUT2D eigenvalue weighted by molar-refractivity contribution is 5.85.